The van der Waals surface area contributed by atoms with Gasteiger partial charge in [-0.05, 0) is 72.6 Å². The Morgan fingerprint density at radius 1 is 0.786 bits per heavy atom. The summed E-state index contributed by atoms with van der Waals surface area (Å²) in [5.74, 6) is -3.94. The Labute approximate surface area is 498 Å². The van der Waals surface area contributed by atoms with E-state index in [2.05, 4.69) is 39.7 Å². The number of nitrogens with two attached hydrogens (primary N) is 2. The van der Waals surface area contributed by atoms with Gasteiger partial charge in [-0.3, -0.25) is 24.0 Å². The Morgan fingerprint density at radius 3 is 1.99 bits per heavy atom. The topological polar surface area (TPSA) is 295 Å². The van der Waals surface area contributed by atoms with E-state index in [1.807, 2.05) is 71.9 Å². The first kappa shape index (κ1) is 71.2. The van der Waals surface area contributed by atoms with Crippen molar-refractivity contribution in [3.8, 4) is 0 Å². The van der Waals surface area contributed by atoms with Gasteiger partial charge in [0.25, 0.3) is 0 Å². The molecule has 84 heavy (non-hydrogen) atoms. The monoisotopic (exact) mass is 1170 g/mol. The Kier molecular flexibility index (Phi) is 29.9. The third-order valence-corrected chi connectivity index (χ3v) is 15.7. The highest BCUT2D eigenvalue weighted by Gasteiger charge is 2.44. The number of nitrogens with zero attached hydrogens (tertiary/aromatic N) is 3. The van der Waals surface area contributed by atoms with E-state index < -0.39 is 96.2 Å². The summed E-state index contributed by atoms with van der Waals surface area (Å²) >= 11 is 0. The van der Waals surface area contributed by atoms with Crippen LogP contribution in [0, 0.1) is 29.6 Å². The summed E-state index contributed by atoms with van der Waals surface area (Å²) in [6.45, 7) is 25.5. The lowest BCUT2D eigenvalue weighted by molar-refractivity contribution is -0.149. The fraction of sp³-hybridized carbons (Fsp3) is 0.613. The number of likely N-dealkylation sites (tertiary alicyclic amines) is 1. The number of primary amides is 1. The first-order valence-corrected chi connectivity index (χ1v) is 29.3. The summed E-state index contributed by atoms with van der Waals surface area (Å²) in [5, 5.41) is 14.3. The number of anilines is 1. The third kappa shape index (κ3) is 21.2. The first-order valence-electron chi connectivity index (χ1n) is 29.3. The molecular weight excluding hydrogens is 1080 g/mol. The Bertz CT molecular complexity index is 2480. The second kappa shape index (κ2) is 35.3. The molecule has 2 aromatic carbocycles. The maximum Gasteiger partial charge on any atom is 0.410 e. The lowest BCUT2D eigenvalue weighted by Crippen LogP contribution is -2.58. The van der Waals surface area contributed by atoms with E-state index in [1.54, 1.807) is 68.9 Å². The molecule has 0 aliphatic carbocycles. The van der Waals surface area contributed by atoms with Crippen LogP contribution in [0.3, 0.4) is 0 Å². The van der Waals surface area contributed by atoms with Gasteiger partial charge in [-0.15, -0.1) is 0 Å². The number of likely N-dealkylation sites (N-methyl/N-ethyl adjacent to an activating group) is 2. The standard InChI is InChI=1S/C62H98N10O12/c1-16-33-83-60(78)47(34-43-23-19-18-20-24-43)69-56(74)41(10)55(82-15)48-26-22-32-72(48)50(73)35-49(81-14)54(40(9)17-2)70(12)59(77)52(38(5)6)66-42(11)53(39(7)8)71(13)62(80)84-36-44-27-29-45(30-28-44)67-57(75)46(25-21-31-65-61(64)79)68-58(76)51(63)37(3)4/h16,18-20,23-24,27-30,37-41,46-49,51-55,66H,1,11,17,21-22,25-26,31-36,63H2,2-10,12-15H3,(H,67,75)(H,68,76)(H,69,74)(H3,64,65,79)/t40-,41+,46-,47-,48-,49+,51-,52-,53-,54-,55+/m0/s1. The first-order chi connectivity index (χ1) is 39.7. The molecule has 0 unspecified atom stereocenters. The summed E-state index contributed by atoms with van der Waals surface area (Å²) in [5.41, 5.74) is 13.5. The second-order valence-electron chi connectivity index (χ2n) is 23.0. The summed E-state index contributed by atoms with van der Waals surface area (Å²) < 4.78 is 23.3. The van der Waals surface area contributed by atoms with E-state index in [-0.39, 0.29) is 74.5 Å². The number of methoxy groups -OCH3 is 2. The van der Waals surface area contributed by atoms with Crippen molar-refractivity contribution in [1.82, 2.24) is 36.0 Å². The third-order valence-electron chi connectivity index (χ3n) is 15.7. The largest absolute Gasteiger partial charge is 0.460 e. The minimum atomic E-state index is -0.973. The van der Waals surface area contributed by atoms with Gasteiger partial charge in [-0.25, -0.2) is 14.4 Å². The highest BCUT2D eigenvalue weighted by molar-refractivity contribution is 5.98. The fourth-order valence-corrected chi connectivity index (χ4v) is 10.6. The summed E-state index contributed by atoms with van der Waals surface area (Å²) in [6, 6.07) is 10.1. The maximum atomic E-state index is 14.9. The number of urea groups is 1. The number of rotatable bonds is 35. The average Bonchev–Trinajstić information content (AvgIpc) is 4.02. The molecule has 0 radical (unpaired) electrons. The molecule has 11 atom stereocenters. The number of hydrogen-bond donors (Lipinski definition) is 7. The van der Waals surface area contributed by atoms with E-state index in [4.69, 9.17) is 30.4 Å². The molecule has 0 bridgehead atoms. The fourth-order valence-electron chi connectivity index (χ4n) is 10.6. The molecule has 22 nitrogen and oxygen atoms in total. The molecule has 1 fully saturated rings. The molecule has 0 saturated carbocycles. The van der Waals surface area contributed by atoms with Crippen molar-refractivity contribution in [3.05, 3.63) is 90.7 Å². The quantitative estimate of drug-likeness (QED) is 0.0250. The maximum absolute atomic E-state index is 14.9. The van der Waals surface area contributed by atoms with E-state index >= 15 is 0 Å². The van der Waals surface area contributed by atoms with Crippen LogP contribution in [0.25, 0.3) is 0 Å². The number of amides is 8. The van der Waals surface area contributed by atoms with E-state index in [9.17, 15) is 38.4 Å². The molecule has 0 aromatic heterocycles. The van der Waals surface area contributed by atoms with Gasteiger partial charge in [-0.1, -0.05) is 130 Å². The minimum absolute atomic E-state index is 0.0110. The summed E-state index contributed by atoms with van der Waals surface area (Å²) in [4.78, 5) is 113. The molecule has 0 spiro atoms. The molecule has 1 aliphatic rings. The molecule has 3 rings (SSSR count). The zero-order valence-electron chi connectivity index (χ0n) is 51.9. The van der Waals surface area contributed by atoms with Crippen molar-refractivity contribution >= 4 is 53.3 Å². The summed E-state index contributed by atoms with van der Waals surface area (Å²) in [7, 11) is 6.36. The number of esters is 1. The predicted octanol–water partition coefficient (Wildman–Crippen LogP) is 5.64. The van der Waals surface area contributed by atoms with Gasteiger partial charge in [0.2, 0.25) is 29.5 Å². The van der Waals surface area contributed by atoms with Gasteiger partial charge >= 0.3 is 18.1 Å². The Balaban J connectivity index is 1.73. The van der Waals surface area contributed by atoms with Crippen molar-refractivity contribution in [2.24, 2.45) is 41.1 Å². The van der Waals surface area contributed by atoms with Crippen molar-refractivity contribution in [1.29, 1.82) is 0 Å². The van der Waals surface area contributed by atoms with Gasteiger partial charge < -0.3 is 71.7 Å². The number of hydrogen-bond acceptors (Lipinski definition) is 14. The van der Waals surface area contributed by atoms with Crippen LogP contribution < -0.4 is 38.1 Å². The molecule has 9 N–H and O–H groups in total. The van der Waals surface area contributed by atoms with Crippen LogP contribution in [-0.4, -0.2) is 165 Å². The minimum Gasteiger partial charge on any atom is -0.460 e. The van der Waals surface area contributed by atoms with E-state index in [1.165, 1.54) is 25.2 Å². The molecule has 2 aromatic rings. The highest BCUT2D eigenvalue weighted by Crippen LogP contribution is 2.30. The van der Waals surface area contributed by atoms with Gasteiger partial charge in [0.1, 0.15) is 31.3 Å². The van der Waals surface area contributed by atoms with Crippen LogP contribution in [0.2, 0.25) is 0 Å². The van der Waals surface area contributed by atoms with E-state index in [0.29, 0.717) is 49.2 Å². The van der Waals surface area contributed by atoms with Crippen LogP contribution in [0.5, 0.6) is 0 Å². The van der Waals surface area contributed by atoms with Gasteiger partial charge in [0.15, 0.2) is 0 Å². The molecule has 1 heterocycles. The highest BCUT2D eigenvalue weighted by atomic mass is 16.6. The van der Waals surface area contributed by atoms with Crippen molar-refractivity contribution in [3.63, 3.8) is 0 Å². The summed E-state index contributed by atoms with van der Waals surface area (Å²) in [6.07, 6.45) is 2.01. The molecule has 8 amide bonds. The van der Waals surface area contributed by atoms with Crippen LogP contribution in [-0.2, 0) is 60.7 Å². The Hall–Kier alpha value is -7.04. The lowest BCUT2D eigenvalue weighted by Gasteiger charge is -2.41. The molecule has 22 heteroatoms. The van der Waals surface area contributed by atoms with Crippen LogP contribution >= 0.6 is 0 Å². The molecular formula is C62H98N10O12. The molecule has 1 aliphatic heterocycles. The number of ether oxygens (including phenoxy) is 4. The predicted molar refractivity (Wildman–Crippen MR) is 323 cm³/mol. The number of benzene rings is 2. The zero-order valence-corrected chi connectivity index (χ0v) is 51.9. The van der Waals surface area contributed by atoms with Gasteiger partial charge in [0, 0.05) is 59.2 Å². The van der Waals surface area contributed by atoms with Gasteiger partial charge in [0.05, 0.1) is 48.7 Å². The Morgan fingerprint density at radius 2 is 1.43 bits per heavy atom. The lowest BCUT2D eigenvalue weighted by atomic mass is 9.89. The van der Waals surface area contributed by atoms with E-state index in [0.717, 1.165) is 5.56 Å². The smallest absolute Gasteiger partial charge is 0.410 e. The SMILES string of the molecule is C=CCOC(=O)[C@H](Cc1ccccc1)NC(=O)[C@H](C)[C@@H](OC)[C@@H]1CCCN1C(=O)C[C@@H](OC)[C@H]([C@@H](C)CC)N(C)C(=O)[C@@H](NC(=C)[C@H](C(C)C)N(C)C(=O)OCc1ccc(NC(=O)[C@H](CCCNC(N)=O)NC(=O)[C@@H](N)C(C)C)cc1)C(C)C. The second-order valence-corrected chi connectivity index (χ2v) is 23.0. The van der Waals surface area contributed by atoms with Crippen LogP contribution in [0.4, 0.5) is 15.3 Å². The average molecular weight is 1180 g/mol. The molecule has 468 valence electrons. The van der Waals surface area contributed by atoms with Gasteiger partial charge in [-0.2, -0.15) is 0 Å². The number of nitrogens with one attached hydrogen (secondary N) is 5. The van der Waals surface area contributed by atoms with Crippen LogP contribution in [0.15, 0.2) is 79.5 Å². The van der Waals surface area contributed by atoms with Crippen molar-refractivity contribution in [2.45, 2.75) is 168 Å². The normalized spacial score (nSPS) is 16.8. The number of carbonyl (C=O) groups is 8. The van der Waals surface area contributed by atoms with Crippen molar-refractivity contribution < 1.29 is 57.3 Å². The molecule has 1 saturated heterocycles. The zero-order chi connectivity index (χ0) is 63.0. The number of carbonyl (C=O) groups excluding carboxylic acids is 8. The van der Waals surface area contributed by atoms with Crippen molar-refractivity contribution in [2.75, 3.05) is 53.3 Å². The van der Waals surface area contributed by atoms with Crippen LogP contribution in [0.1, 0.15) is 112 Å².